The Morgan fingerprint density at radius 2 is 2.06 bits per heavy atom. The SMILES string of the molecule is Cc1ncn(C(C(=O)O)c2ccccc2)n1. The number of carboxylic acid groups (broad SMARTS) is 1. The number of aromatic nitrogens is 3. The number of benzene rings is 1. The molecule has 0 amide bonds. The number of aliphatic carboxylic acids is 1. The summed E-state index contributed by atoms with van der Waals surface area (Å²) in [6, 6.07) is 8.15. The summed E-state index contributed by atoms with van der Waals surface area (Å²) in [5.74, 6) is -0.390. The first kappa shape index (κ1) is 10.4. The molecule has 0 aliphatic rings. The number of nitrogens with zero attached hydrogens (tertiary/aromatic N) is 3. The highest BCUT2D eigenvalue weighted by Crippen LogP contribution is 2.17. The van der Waals surface area contributed by atoms with Crippen molar-refractivity contribution in [1.82, 2.24) is 14.8 Å². The largest absolute Gasteiger partial charge is 0.479 e. The van der Waals surface area contributed by atoms with Crippen LogP contribution in [-0.4, -0.2) is 25.8 Å². The third-order valence-corrected chi connectivity index (χ3v) is 2.24. The molecule has 0 spiro atoms. The molecule has 0 saturated heterocycles. The van der Waals surface area contributed by atoms with Crippen molar-refractivity contribution < 1.29 is 9.90 Å². The Bertz CT molecular complexity index is 493. The lowest BCUT2D eigenvalue weighted by atomic mass is 10.1. The first-order valence-electron chi connectivity index (χ1n) is 4.84. The van der Waals surface area contributed by atoms with Crippen LogP contribution in [0.5, 0.6) is 0 Å². The van der Waals surface area contributed by atoms with Crippen molar-refractivity contribution in [2.45, 2.75) is 13.0 Å². The Kier molecular flexibility index (Phi) is 2.68. The van der Waals surface area contributed by atoms with Gasteiger partial charge in [0.1, 0.15) is 12.2 Å². The predicted octanol–water partition coefficient (Wildman–Crippen LogP) is 1.26. The van der Waals surface area contributed by atoms with Gasteiger partial charge in [-0.15, -0.1) is 0 Å². The fourth-order valence-electron chi connectivity index (χ4n) is 1.53. The monoisotopic (exact) mass is 217 g/mol. The highest BCUT2D eigenvalue weighted by atomic mass is 16.4. The molecule has 0 fully saturated rings. The van der Waals surface area contributed by atoms with Crippen LogP contribution in [-0.2, 0) is 4.79 Å². The number of aryl methyl sites for hydroxylation is 1. The molecule has 0 aliphatic heterocycles. The van der Waals surface area contributed by atoms with E-state index in [4.69, 9.17) is 0 Å². The van der Waals surface area contributed by atoms with E-state index < -0.39 is 12.0 Å². The summed E-state index contributed by atoms with van der Waals surface area (Å²) in [4.78, 5) is 15.2. The van der Waals surface area contributed by atoms with E-state index in [0.717, 1.165) is 0 Å². The molecule has 5 heteroatoms. The van der Waals surface area contributed by atoms with Crippen LogP contribution in [0.15, 0.2) is 36.7 Å². The van der Waals surface area contributed by atoms with Crippen molar-refractivity contribution in [1.29, 1.82) is 0 Å². The number of carbonyl (C=O) groups is 1. The van der Waals surface area contributed by atoms with Gasteiger partial charge in [-0.25, -0.2) is 14.5 Å². The van der Waals surface area contributed by atoms with E-state index in [9.17, 15) is 9.90 Å². The molecule has 1 N–H and O–H groups in total. The summed E-state index contributed by atoms with van der Waals surface area (Å²) in [5.41, 5.74) is 0.680. The fraction of sp³-hybridized carbons (Fsp3) is 0.182. The Hall–Kier alpha value is -2.17. The lowest BCUT2D eigenvalue weighted by molar-refractivity contribution is -0.139. The van der Waals surface area contributed by atoms with Gasteiger partial charge in [0.2, 0.25) is 0 Å². The zero-order chi connectivity index (χ0) is 11.5. The molecule has 1 atom stereocenters. The van der Waals surface area contributed by atoms with Crippen LogP contribution in [0.4, 0.5) is 0 Å². The predicted molar refractivity (Wildman–Crippen MR) is 57.0 cm³/mol. The highest BCUT2D eigenvalue weighted by molar-refractivity contribution is 5.75. The molecule has 16 heavy (non-hydrogen) atoms. The highest BCUT2D eigenvalue weighted by Gasteiger charge is 2.22. The van der Waals surface area contributed by atoms with Gasteiger partial charge in [-0.2, -0.15) is 5.10 Å². The van der Waals surface area contributed by atoms with Crippen LogP contribution in [0.25, 0.3) is 0 Å². The van der Waals surface area contributed by atoms with Crippen molar-refractivity contribution in [3.8, 4) is 0 Å². The standard InChI is InChI=1S/C11H11N3O2/c1-8-12-7-14(13-8)10(11(15)16)9-5-3-2-4-6-9/h2-7,10H,1H3,(H,15,16). The summed E-state index contributed by atoms with van der Waals surface area (Å²) in [6.07, 6.45) is 1.43. The van der Waals surface area contributed by atoms with Crippen molar-refractivity contribution >= 4 is 5.97 Å². The van der Waals surface area contributed by atoms with Crippen LogP contribution < -0.4 is 0 Å². The van der Waals surface area contributed by atoms with E-state index in [1.165, 1.54) is 11.0 Å². The molecule has 0 aliphatic carbocycles. The molecule has 5 nitrogen and oxygen atoms in total. The number of carboxylic acids is 1. The van der Waals surface area contributed by atoms with Crippen molar-refractivity contribution in [3.63, 3.8) is 0 Å². The molecule has 1 heterocycles. The van der Waals surface area contributed by atoms with Crippen LogP contribution >= 0.6 is 0 Å². The first-order valence-corrected chi connectivity index (χ1v) is 4.84. The summed E-state index contributed by atoms with van der Waals surface area (Å²) in [7, 11) is 0. The third-order valence-electron chi connectivity index (χ3n) is 2.24. The summed E-state index contributed by atoms with van der Waals surface area (Å²) < 4.78 is 1.35. The lowest BCUT2D eigenvalue weighted by Crippen LogP contribution is -2.20. The van der Waals surface area contributed by atoms with Gasteiger partial charge in [0.15, 0.2) is 6.04 Å². The average molecular weight is 217 g/mol. The molecular weight excluding hydrogens is 206 g/mol. The minimum absolute atomic E-state index is 0.558. The molecule has 1 aromatic heterocycles. The van der Waals surface area contributed by atoms with Gasteiger partial charge in [0, 0.05) is 0 Å². The molecule has 0 saturated carbocycles. The Balaban J connectivity index is 2.43. The van der Waals surface area contributed by atoms with E-state index in [1.54, 1.807) is 31.2 Å². The minimum atomic E-state index is -0.948. The maximum atomic E-state index is 11.2. The van der Waals surface area contributed by atoms with Gasteiger partial charge >= 0.3 is 5.97 Å². The van der Waals surface area contributed by atoms with Crippen LogP contribution in [0.1, 0.15) is 17.4 Å². The van der Waals surface area contributed by atoms with Gasteiger partial charge < -0.3 is 5.11 Å². The first-order chi connectivity index (χ1) is 7.68. The van der Waals surface area contributed by atoms with E-state index >= 15 is 0 Å². The quantitative estimate of drug-likeness (QED) is 0.840. The molecule has 2 rings (SSSR count). The topological polar surface area (TPSA) is 68.0 Å². The van der Waals surface area contributed by atoms with Crippen LogP contribution in [0, 0.1) is 6.92 Å². The molecule has 1 unspecified atom stereocenters. The smallest absolute Gasteiger partial charge is 0.333 e. The normalized spacial score (nSPS) is 12.3. The molecular formula is C11H11N3O2. The third kappa shape index (κ3) is 1.93. The van der Waals surface area contributed by atoms with Gasteiger partial charge in [-0.05, 0) is 12.5 Å². The number of hydrogen-bond acceptors (Lipinski definition) is 3. The molecule has 0 radical (unpaired) electrons. The van der Waals surface area contributed by atoms with Crippen LogP contribution in [0.2, 0.25) is 0 Å². The average Bonchev–Trinajstić information content (AvgIpc) is 2.66. The maximum Gasteiger partial charge on any atom is 0.333 e. The lowest BCUT2D eigenvalue weighted by Gasteiger charge is -2.12. The number of hydrogen-bond donors (Lipinski definition) is 1. The summed E-state index contributed by atoms with van der Waals surface area (Å²) in [5, 5.41) is 13.2. The van der Waals surface area contributed by atoms with Crippen molar-refractivity contribution in [2.24, 2.45) is 0 Å². The zero-order valence-electron chi connectivity index (χ0n) is 8.74. The Labute approximate surface area is 92.4 Å². The van der Waals surface area contributed by atoms with Crippen molar-refractivity contribution in [2.75, 3.05) is 0 Å². The minimum Gasteiger partial charge on any atom is -0.479 e. The van der Waals surface area contributed by atoms with Gasteiger partial charge in [0.25, 0.3) is 0 Å². The van der Waals surface area contributed by atoms with Gasteiger partial charge in [0.05, 0.1) is 0 Å². The van der Waals surface area contributed by atoms with Crippen LogP contribution in [0.3, 0.4) is 0 Å². The summed E-state index contributed by atoms with van der Waals surface area (Å²) in [6.45, 7) is 1.72. The van der Waals surface area contributed by atoms with Crippen molar-refractivity contribution in [3.05, 3.63) is 48.0 Å². The molecule has 2 aromatic rings. The second kappa shape index (κ2) is 4.14. The second-order valence-corrected chi connectivity index (χ2v) is 3.42. The van der Waals surface area contributed by atoms with E-state index in [2.05, 4.69) is 10.1 Å². The molecule has 82 valence electrons. The van der Waals surface area contributed by atoms with Gasteiger partial charge in [-0.3, -0.25) is 0 Å². The Morgan fingerprint density at radius 1 is 1.38 bits per heavy atom. The fourth-order valence-corrected chi connectivity index (χ4v) is 1.53. The van der Waals surface area contributed by atoms with E-state index in [1.807, 2.05) is 6.07 Å². The number of rotatable bonds is 3. The van der Waals surface area contributed by atoms with Gasteiger partial charge in [-0.1, -0.05) is 30.3 Å². The second-order valence-electron chi connectivity index (χ2n) is 3.42. The Morgan fingerprint density at radius 3 is 2.56 bits per heavy atom. The van der Waals surface area contributed by atoms with E-state index in [0.29, 0.717) is 11.4 Å². The summed E-state index contributed by atoms with van der Waals surface area (Å²) >= 11 is 0. The zero-order valence-corrected chi connectivity index (χ0v) is 8.74. The molecule has 0 bridgehead atoms. The molecule has 1 aromatic carbocycles. The van der Waals surface area contributed by atoms with E-state index in [-0.39, 0.29) is 0 Å². The maximum absolute atomic E-state index is 11.2.